The smallest absolute Gasteiger partial charge is 0.408 e. The molecular weight excluding hydrogens is 488 g/mol. The van der Waals surface area contributed by atoms with Crippen molar-refractivity contribution in [2.75, 3.05) is 21.2 Å². The van der Waals surface area contributed by atoms with Gasteiger partial charge < -0.3 is 20.7 Å². The number of unbranched alkanes of at least 4 members (excludes halogenated alkanes) is 4. The summed E-state index contributed by atoms with van der Waals surface area (Å²) in [4.78, 5) is 57.0. The number of amides is 4. The molecule has 10 heteroatoms. The predicted octanol–water partition coefficient (Wildman–Crippen LogP) is 3.85. The van der Waals surface area contributed by atoms with Gasteiger partial charge in [-0.15, -0.1) is 0 Å². The topological polar surface area (TPSA) is 126 Å². The second-order valence-corrected chi connectivity index (χ2v) is 10.5. The van der Waals surface area contributed by atoms with Crippen molar-refractivity contribution in [2.45, 2.75) is 110 Å². The number of ether oxygens (including phenoxy) is 1. The van der Waals surface area contributed by atoms with Crippen LogP contribution >= 0.6 is 0 Å². The van der Waals surface area contributed by atoms with Gasteiger partial charge in [-0.1, -0.05) is 58.6 Å². The van der Waals surface area contributed by atoms with Crippen LogP contribution in [0.25, 0.3) is 0 Å². The molecule has 0 aromatic rings. The first kappa shape index (κ1) is 33.4. The molecule has 0 saturated heterocycles. The largest absolute Gasteiger partial charge is 0.446 e. The van der Waals surface area contributed by atoms with E-state index in [1.54, 1.807) is 7.05 Å². The van der Waals surface area contributed by atoms with Crippen molar-refractivity contribution in [1.29, 1.82) is 0 Å². The zero-order valence-electron chi connectivity index (χ0n) is 24.2. The number of nitrogens with zero attached hydrogens (tertiary/aromatic N) is 1. The van der Waals surface area contributed by atoms with E-state index >= 15 is 0 Å². The number of carbonyl (C=O) groups is 4. The van der Waals surface area contributed by atoms with Gasteiger partial charge in [-0.2, -0.15) is 0 Å². The molecule has 0 fully saturated rings. The van der Waals surface area contributed by atoms with E-state index in [9.17, 15) is 19.2 Å². The number of nitrogens with one attached hydrogen (secondary N) is 3. The highest BCUT2D eigenvalue weighted by Crippen LogP contribution is 2.19. The maximum Gasteiger partial charge on any atom is 0.408 e. The number of carbonyl (C=O) groups excluding carboxylic acids is 4. The van der Waals surface area contributed by atoms with Crippen molar-refractivity contribution in [3.8, 4) is 0 Å². The number of hydrogen-bond donors (Lipinski definition) is 3. The molecule has 218 valence electrons. The van der Waals surface area contributed by atoms with Crippen LogP contribution in [0, 0.1) is 11.8 Å². The Hall–Kier alpha value is -2.62. The lowest BCUT2D eigenvalue weighted by Crippen LogP contribution is -2.55. The highest BCUT2D eigenvalue weighted by atomic mass is 16.7. The molecule has 10 nitrogen and oxygen atoms in total. The van der Waals surface area contributed by atoms with Crippen molar-refractivity contribution in [3.05, 3.63) is 12.2 Å². The van der Waals surface area contributed by atoms with E-state index in [-0.39, 0.29) is 24.3 Å². The number of hydrogen-bond acceptors (Lipinski definition) is 6. The molecule has 0 radical (unpaired) electrons. The third-order valence-electron chi connectivity index (χ3n) is 6.80. The number of hydroxylamine groups is 2. The summed E-state index contributed by atoms with van der Waals surface area (Å²) in [5.74, 6) is -1.65. The minimum Gasteiger partial charge on any atom is -0.446 e. The fourth-order valence-electron chi connectivity index (χ4n) is 4.53. The van der Waals surface area contributed by atoms with E-state index in [2.05, 4.69) is 22.9 Å². The molecule has 0 spiro atoms. The van der Waals surface area contributed by atoms with Gasteiger partial charge in [0.2, 0.25) is 11.8 Å². The molecule has 0 aromatic heterocycles. The van der Waals surface area contributed by atoms with Crippen LogP contribution in [-0.2, 0) is 24.0 Å². The number of rotatable bonds is 11. The summed E-state index contributed by atoms with van der Waals surface area (Å²) in [6.07, 6.45) is 11.5. The Morgan fingerprint density at radius 3 is 2.50 bits per heavy atom. The predicted molar refractivity (Wildman–Crippen MR) is 147 cm³/mol. The molecule has 1 aliphatic heterocycles. The molecule has 3 unspecified atom stereocenters. The summed E-state index contributed by atoms with van der Waals surface area (Å²) < 4.78 is 5.78. The zero-order valence-corrected chi connectivity index (χ0v) is 24.2. The fraction of sp³-hybridized carbons (Fsp3) is 0.786. The lowest BCUT2D eigenvalue weighted by Gasteiger charge is -2.28. The van der Waals surface area contributed by atoms with Gasteiger partial charge in [0.15, 0.2) is 0 Å². The second-order valence-electron chi connectivity index (χ2n) is 10.5. The van der Waals surface area contributed by atoms with Gasteiger partial charge in [-0.25, -0.2) is 9.86 Å². The van der Waals surface area contributed by atoms with Crippen molar-refractivity contribution >= 4 is 23.8 Å². The maximum atomic E-state index is 13.4. The Morgan fingerprint density at radius 1 is 1.16 bits per heavy atom. The van der Waals surface area contributed by atoms with Gasteiger partial charge in [0, 0.05) is 20.0 Å². The van der Waals surface area contributed by atoms with Gasteiger partial charge in [-0.3, -0.25) is 19.2 Å². The van der Waals surface area contributed by atoms with E-state index in [1.165, 1.54) is 20.6 Å². The molecule has 4 amide bonds. The third kappa shape index (κ3) is 12.8. The lowest BCUT2D eigenvalue weighted by molar-refractivity contribution is -0.172. The molecule has 1 rings (SSSR count). The molecule has 0 aliphatic carbocycles. The van der Waals surface area contributed by atoms with E-state index < -0.39 is 35.9 Å². The average Bonchev–Trinajstić information content (AvgIpc) is 2.88. The van der Waals surface area contributed by atoms with Gasteiger partial charge in [0.1, 0.15) is 18.2 Å². The molecule has 3 N–H and O–H groups in total. The third-order valence-corrected chi connectivity index (χ3v) is 6.80. The molecule has 0 saturated carbocycles. The summed E-state index contributed by atoms with van der Waals surface area (Å²) in [5, 5.41) is 9.18. The lowest BCUT2D eigenvalue weighted by atomic mass is 9.93. The van der Waals surface area contributed by atoms with Crippen LogP contribution in [0.3, 0.4) is 0 Å². The Kier molecular flexibility index (Phi) is 16.4. The van der Waals surface area contributed by atoms with Crippen LogP contribution in [0.1, 0.15) is 91.4 Å². The van der Waals surface area contributed by atoms with Gasteiger partial charge in [0.05, 0.1) is 7.11 Å². The zero-order chi connectivity index (χ0) is 28.5. The van der Waals surface area contributed by atoms with Gasteiger partial charge >= 0.3 is 6.09 Å². The Labute approximate surface area is 228 Å². The summed E-state index contributed by atoms with van der Waals surface area (Å²) >= 11 is 0. The SMILES string of the molecule is CCCCCCCC1CC/C=C/CC(C(=O)NC)C[C@@H](C(=O)N(C)OC)NC(=O)C(CC(C)C)NC(=O)O1. The summed E-state index contributed by atoms with van der Waals surface area (Å²) in [7, 11) is 4.35. The van der Waals surface area contributed by atoms with Crippen LogP contribution < -0.4 is 16.0 Å². The highest BCUT2D eigenvalue weighted by Gasteiger charge is 2.33. The van der Waals surface area contributed by atoms with Crippen molar-refractivity contribution in [2.24, 2.45) is 11.8 Å². The van der Waals surface area contributed by atoms with Crippen molar-refractivity contribution < 1.29 is 28.8 Å². The van der Waals surface area contributed by atoms with Gasteiger partial charge in [-0.05, 0) is 50.9 Å². The van der Waals surface area contributed by atoms with Crippen molar-refractivity contribution in [3.63, 3.8) is 0 Å². The Bertz CT molecular complexity index is 772. The summed E-state index contributed by atoms with van der Waals surface area (Å²) in [6, 6.07) is -1.91. The van der Waals surface area contributed by atoms with E-state index in [4.69, 9.17) is 9.57 Å². The van der Waals surface area contributed by atoms with Crippen molar-refractivity contribution in [1.82, 2.24) is 21.0 Å². The number of likely N-dealkylation sites (N-methyl/N-ethyl adjacent to an activating group) is 1. The molecule has 1 aliphatic rings. The summed E-state index contributed by atoms with van der Waals surface area (Å²) in [6.45, 7) is 6.07. The van der Waals surface area contributed by atoms with E-state index in [0.29, 0.717) is 25.7 Å². The summed E-state index contributed by atoms with van der Waals surface area (Å²) in [5.41, 5.74) is 0. The number of allylic oxidation sites excluding steroid dienone is 2. The quantitative estimate of drug-likeness (QED) is 0.208. The maximum absolute atomic E-state index is 13.4. The van der Waals surface area contributed by atoms with Gasteiger partial charge in [0.25, 0.3) is 5.91 Å². The first-order valence-electron chi connectivity index (χ1n) is 14.1. The molecular formula is C28H50N4O6. The number of cyclic esters (lactones) is 1. The number of alkyl carbamates (subject to hydrolysis) is 1. The van der Waals surface area contributed by atoms with Crippen LogP contribution in [0.15, 0.2) is 12.2 Å². The molecule has 4 atom stereocenters. The molecule has 0 aromatic carbocycles. The highest BCUT2D eigenvalue weighted by molar-refractivity contribution is 5.91. The van der Waals surface area contributed by atoms with Crippen LogP contribution in [0.5, 0.6) is 0 Å². The molecule has 0 bridgehead atoms. The van der Waals surface area contributed by atoms with Crippen LogP contribution in [0.4, 0.5) is 4.79 Å². The average molecular weight is 539 g/mol. The van der Waals surface area contributed by atoms with Crippen LogP contribution in [-0.4, -0.2) is 68.3 Å². The van der Waals surface area contributed by atoms with E-state index in [0.717, 1.165) is 37.2 Å². The van der Waals surface area contributed by atoms with E-state index in [1.807, 2.05) is 26.0 Å². The second kappa shape index (κ2) is 18.6. The normalized spacial score (nSPS) is 24.3. The van der Waals surface area contributed by atoms with Crippen LogP contribution in [0.2, 0.25) is 0 Å². The molecule has 38 heavy (non-hydrogen) atoms. The first-order valence-corrected chi connectivity index (χ1v) is 14.1. The Balaban J connectivity index is 3.21. The standard InChI is InChI=1S/C28H50N4O6/c1-7-8-9-10-13-16-22-17-14-11-12-15-21(25(33)29-4)19-24(27(35)32(5)37-6)30-26(34)23(18-20(2)3)31-28(36)38-22/h11-12,20-24H,7-10,13-19H2,1-6H3,(H,29,33)(H,30,34)(H,31,36)/b12-11+/t21?,22?,23?,24-/m0/s1. The fourth-order valence-corrected chi connectivity index (χ4v) is 4.53. The molecule has 1 heterocycles. The first-order chi connectivity index (χ1) is 18.1. The minimum absolute atomic E-state index is 0.0848. The Morgan fingerprint density at radius 2 is 1.87 bits per heavy atom. The monoisotopic (exact) mass is 538 g/mol. The minimum atomic E-state index is -1.02.